The Bertz CT molecular complexity index is 852. The number of ether oxygens (including phenoxy) is 1. The second-order valence-electron chi connectivity index (χ2n) is 7.09. The summed E-state index contributed by atoms with van der Waals surface area (Å²) in [6, 6.07) is 18.0. The molecule has 1 aromatic heterocycles. The van der Waals surface area contributed by atoms with E-state index in [-0.39, 0.29) is 5.41 Å². The van der Waals surface area contributed by atoms with Crippen molar-refractivity contribution in [1.82, 2.24) is 9.97 Å². The fourth-order valence-electron chi connectivity index (χ4n) is 2.52. The Balaban J connectivity index is 1.70. The number of benzene rings is 2. The van der Waals surface area contributed by atoms with Crippen molar-refractivity contribution < 1.29 is 4.74 Å². The van der Waals surface area contributed by atoms with E-state index in [1.54, 1.807) is 7.11 Å². The Kier molecular flexibility index (Phi) is 5.07. The standard InChI is InChI=1S/C21H24N4O/c1-21(2,3)15-5-7-16(8-6-15)24-19-13-20(23-14-22-19)25-17-9-11-18(26-4)12-10-17/h5-14H,1-4H3,(H2,22,23,24,25). The van der Waals surface area contributed by atoms with Gasteiger partial charge >= 0.3 is 0 Å². The average Bonchev–Trinajstić information content (AvgIpc) is 2.62. The largest absolute Gasteiger partial charge is 0.497 e. The Labute approximate surface area is 154 Å². The fourth-order valence-corrected chi connectivity index (χ4v) is 2.52. The second-order valence-corrected chi connectivity index (χ2v) is 7.09. The maximum atomic E-state index is 5.17. The van der Waals surface area contributed by atoms with Gasteiger partial charge in [-0.3, -0.25) is 0 Å². The third kappa shape index (κ3) is 4.51. The van der Waals surface area contributed by atoms with E-state index in [1.165, 1.54) is 11.9 Å². The third-order valence-corrected chi connectivity index (χ3v) is 4.05. The molecule has 2 N–H and O–H groups in total. The van der Waals surface area contributed by atoms with Crippen molar-refractivity contribution in [2.24, 2.45) is 0 Å². The molecule has 0 fully saturated rings. The summed E-state index contributed by atoms with van der Waals surface area (Å²) in [6.45, 7) is 6.62. The molecule has 3 aromatic rings. The molecule has 0 bridgehead atoms. The van der Waals surface area contributed by atoms with Crippen molar-refractivity contribution in [3.63, 3.8) is 0 Å². The molecule has 5 heteroatoms. The Morgan fingerprint density at radius 2 is 1.27 bits per heavy atom. The quantitative estimate of drug-likeness (QED) is 0.658. The van der Waals surface area contributed by atoms with Crippen LogP contribution in [0.1, 0.15) is 26.3 Å². The molecular weight excluding hydrogens is 324 g/mol. The molecule has 26 heavy (non-hydrogen) atoms. The highest BCUT2D eigenvalue weighted by molar-refractivity contribution is 5.63. The molecule has 3 rings (SSSR count). The van der Waals surface area contributed by atoms with Gasteiger partial charge in [-0.15, -0.1) is 0 Å². The summed E-state index contributed by atoms with van der Waals surface area (Å²) in [5.74, 6) is 2.28. The minimum atomic E-state index is 0.142. The van der Waals surface area contributed by atoms with E-state index in [0.717, 1.165) is 28.8 Å². The normalized spacial score (nSPS) is 11.1. The van der Waals surface area contributed by atoms with Gasteiger partial charge in [0, 0.05) is 17.4 Å². The molecule has 0 aliphatic heterocycles. The van der Waals surface area contributed by atoms with Crippen LogP contribution in [-0.4, -0.2) is 17.1 Å². The zero-order valence-electron chi connectivity index (χ0n) is 15.6. The van der Waals surface area contributed by atoms with Crippen LogP contribution in [0, 0.1) is 0 Å². The van der Waals surface area contributed by atoms with E-state index in [9.17, 15) is 0 Å². The Hall–Kier alpha value is -3.08. The summed E-state index contributed by atoms with van der Waals surface area (Å²) in [4.78, 5) is 8.56. The van der Waals surface area contributed by atoms with Crippen LogP contribution in [0.4, 0.5) is 23.0 Å². The van der Waals surface area contributed by atoms with Crippen LogP contribution in [0.15, 0.2) is 60.9 Å². The summed E-state index contributed by atoms with van der Waals surface area (Å²) in [6.07, 6.45) is 1.54. The van der Waals surface area contributed by atoms with Crippen molar-refractivity contribution in [3.8, 4) is 5.75 Å². The zero-order chi connectivity index (χ0) is 18.6. The highest BCUT2D eigenvalue weighted by atomic mass is 16.5. The first-order valence-electron chi connectivity index (χ1n) is 8.55. The van der Waals surface area contributed by atoms with Crippen molar-refractivity contribution in [1.29, 1.82) is 0 Å². The van der Waals surface area contributed by atoms with E-state index in [4.69, 9.17) is 4.74 Å². The second kappa shape index (κ2) is 7.44. The molecule has 0 aliphatic rings. The van der Waals surface area contributed by atoms with E-state index in [1.807, 2.05) is 30.3 Å². The molecule has 0 radical (unpaired) electrons. The lowest BCUT2D eigenvalue weighted by Crippen LogP contribution is -2.10. The van der Waals surface area contributed by atoms with Crippen molar-refractivity contribution in [3.05, 3.63) is 66.5 Å². The predicted octanol–water partition coefficient (Wildman–Crippen LogP) is 5.27. The van der Waals surface area contributed by atoms with Crippen LogP contribution in [0.5, 0.6) is 5.75 Å². The first kappa shape index (κ1) is 17.7. The molecule has 0 amide bonds. The smallest absolute Gasteiger partial charge is 0.135 e. The van der Waals surface area contributed by atoms with Gasteiger partial charge in [-0.25, -0.2) is 9.97 Å². The maximum Gasteiger partial charge on any atom is 0.135 e. The molecule has 5 nitrogen and oxygen atoms in total. The van der Waals surface area contributed by atoms with E-state index >= 15 is 0 Å². The number of rotatable bonds is 5. The van der Waals surface area contributed by atoms with Crippen LogP contribution in [-0.2, 0) is 5.41 Å². The van der Waals surface area contributed by atoms with Gasteiger partial charge < -0.3 is 15.4 Å². The lowest BCUT2D eigenvalue weighted by atomic mass is 9.87. The Morgan fingerprint density at radius 1 is 0.769 bits per heavy atom. The summed E-state index contributed by atoms with van der Waals surface area (Å²) in [5.41, 5.74) is 3.37. The molecule has 0 spiro atoms. The average molecular weight is 348 g/mol. The number of nitrogens with one attached hydrogen (secondary N) is 2. The lowest BCUT2D eigenvalue weighted by molar-refractivity contribution is 0.415. The Morgan fingerprint density at radius 3 is 1.73 bits per heavy atom. The topological polar surface area (TPSA) is 59.1 Å². The van der Waals surface area contributed by atoms with Gasteiger partial charge in [0.1, 0.15) is 23.7 Å². The number of nitrogens with zero attached hydrogens (tertiary/aromatic N) is 2. The molecular formula is C21H24N4O. The minimum Gasteiger partial charge on any atom is -0.497 e. The molecule has 0 aliphatic carbocycles. The van der Waals surface area contributed by atoms with Gasteiger partial charge in [-0.05, 0) is 47.4 Å². The summed E-state index contributed by atoms with van der Waals surface area (Å²) < 4.78 is 5.17. The highest BCUT2D eigenvalue weighted by Crippen LogP contribution is 2.25. The zero-order valence-corrected chi connectivity index (χ0v) is 15.6. The molecule has 0 saturated carbocycles. The van der Waals surface area contributed by atoms with Gasteiger partial charge in [-0.2, -0.15) is 0 Å². The first-order chi connectivity index (χ1) is 12.4. The number of hydrogen-bond acceptors (Lipinski definition) is 5. The van der Waals surface area contributed by atoms with Crippen molar-refractivity contribution in [2.45, 2.75) is 26.2 Å². The van der Waals surface area contributed by atoms with Gasteiger partial charge in [-0.1, -0.05) is 32.9 Å². The first-order valence-corrected chi connectivity index (χ1v) is 8.55. The monoisotopic (exact) mass is 348 g/mol. The minimum absolute atomic E-state index is 0.142. The van der Waals surface area contributed by atoms with Crippen molar-refractivity contribution in [2.75, 3.05) is 17.7 Å². The fraction of sp³-hybridized carbons (Fsp3) is 0.238. The van der Waals surface area contributed by atoms with Gasteiger partial charge in [0.25, 0.3) is 0 Å². The number of hydrogen-bond donors (Lipinski definition) is 2. The van der Waals surface area contributed by atoms with Crippen LogP contribution in [0.3, 0.4) is 0 Å². The van der Waals surface area contributed by atoms with Crippen molar-refractivity contribution >= 4 is 23.0 Å². The lowest BCUT2D eigenvalue weighted by Gasteiger charge is -2.19. The summed E-state index contributed by atoms with van der Waals surface area (Å²) in [7, 11) is 1.65. The van der Waals surface area contributed by atoms with E-state index in [2.05, 4.69) is 65.6 Å². The van der Waals surface area contributed by atoms with Gasteiger partial charge in [0.15, 0.2) is 0 Å². The van der Waals surface area contributed by atoms with Crippen LogP contribution < -0.4 is 15.4 Å². The number of anilines is 4. The van der Waals surface area contributed by atoms with Gasteiger partial charge in [0.05, 0.1) is 7.11 Å². The van der Waals surface area contributed by atoms with Crippen LogP contribution in [0.25, 0.3) is 0 Å². The highest BCUT2D eigenvalue weighted by Gasteiger charge is 2.12. The molecule has 0 atom stereocenters. The van der Waals surface area contributed by atoms with E-state index in [0.29, 0.717) is 0 Å². The molecule has 1 heterocycles. The van der Waals surface area contributed by atoms with Gasteiger partial charge in [0.2, 0.25) is 0 Å². The maximum absolute atomic E-state index is 5.17. The predicted molar refractivity (Wildman–Crippen MR) is 107 cm³/mol. The molecule has 2 aromatic carbocycles. The molecule has 0 saturated heterocycles. The molecule has 134 valence electrons. The van der Waals surface area contributed by atoms with Crippen LogP contribution >= 0.6 is 0 Å². The van der Waals surface area contributed by atoms with E-state index < -0.39 is 0 Å². The van der Waals surface area contributed by atoms with Crippen LogP contribution in [0.2, 0.25) is 0 Å². The number of aromatic nitrogens is 2. The number of methoxy groups -OCH3 is 1. The summed E-state index contributed by atoms with van der Waals surface area (Å²) in [5, 5.41) is 6.58. The third-order valence-electron chi connectivity index (χ3n) is 4.05. The molecule has 0 unspecified atom stereocenters. The summed E-state index contributed by atoms with van der Waals surface area (Å²) >= 11 is 0. The SMILES string of the molecule is COc1ccc(Nc2cc(Nc3ccc(C(C)(C)C)cc3)ncn2)cc1.